The third kappa shape index (κ3) is 10.1. The van der Waals surface area contributed by atoms with Gasteiger partial charge in [-0.3, -0.25) is 0 Å². The first-order valence-electron chi connectivity index (χ1n) is 25.1. The van der Waals surface area contributed by atoms with Crippen LogP contribution in [0.1, 0.15) is 27.7 Å². The lowest BCUT2D eigenvalue weighted by molar-refractivity contribution is 1.09. The standard InChI is InChI=1S/C54H100Si10/c1-38-39(2)41(4)48(40(38)3)64(45-35-32-42(55(5,6)7)49(58(14,15)16)52(45)61(23,24)25,46-36-33-43(56(8,9)10)50(59(17,18)19)53(46)62(26,27)28)47-37-34-44(57(11,12)13)51(60(20,21)22)54(47)63(29,30)31/h32-37,48H,1-31H3. The Morgan fingerprint density at radius 2 is 0.391 bits per heavy atom. The molecule has 0 radical (unpaired) electrons. The first kappa shape index (κ1) is 55.9. The fraction of sp³-hybridized carbons (Fsp3) is 0.593. The highest BCUT2D eigenvalue weighted by molar-refractivity contribution is 7.23. The molecule has 0 nitrogen and oxygen atoms in total. The van der Waals surface area contributed by atoms with Crippen LogP contribution in [0, 0.1) is 0 Å². The Balaban J connectivity index is 2.86. The first-order chi connectivity index (χ1) is 28.2. The van der Waals surface area contributed by atoms with Gasteiger partial charge >= 0.3 is 0 Å². The number of rotatable bonds is 13. The second-order valence-electron chi connectivity index (χ2n) is 29.8. The van der Waals surface area contributed by atoms with E-state index in [4.69, 9.17) is 0 Å². The van der Waals surface area contributed by atoms with Crippen molar-refractivity contribution >= 4 is 143 Å². The summed E-state index contributed by atoms with van der Waals surface area (Å²) in [7, 11) is -20.2. The van der Waals surface area contributed by atoms with Gasteiger partial charge in [-0.05, 0) is 54.4 Å². The molecule has 10 heteroatoms. The van der Waals surface area contributed by atoms with Crippen molar-refractivity contribution in [3.8, 4) is 0 Å². The number of allylic oxidation sites excluding steroid dienone is 4. The van der Waals surface area contributed by atoms with Crippen LogP contribution in [0.2, 0.25) is 182 Å². The van der Waals surface area contributed by atoms with Crippen molar-refractivity contribution < 1.29 is 0 Å². The van der Waals surface area contributed by atoms with E-state index in [1.54, 1.807) is 37.9 Å². The van der Waals surface area contributed by atoms with E-state index in [0.717, 1.165) is 0 Å². The lowest BCUT2D eigenvalue weighted by atomic mass is 10.1. The Labute approximate surface area is 408 Å². The number of hydrogen-bond donors (Lipinski definition) is 0. The van der Waals surface area contributed by atoms with Crippen LogP contribution in [0.4, 0.5) is 0 Å². The zero-order valence-electron chi connectivity index (χ0n) is 48.0. The molecule has 0 saturated carbocycles. The minimum atomic E-state index is -3.14. The second kappa shape index (κ2) is 17.3. The zero-order valence-corrected chi connectivity index (χ0v) is 58.0. The van der Waals surface area contributed by atoms with E-state index >= 15 is 0 Å². The van der Waals surface area contributed by atoms with Crippen LogP contribution in [-0.4, -0.2) is 80.7 Å². The number of hydrogen-bond acceptors (Lipinski definition) is 0. The zero-order chi connectivity index (χ0) is 50.1. The quantitative estimate of drug-likeness (QED) is 0.118. The van der Waals surface area contributed by atoms with Gasteiger partial charge in [-0.25, -0.2) is 0 Å². The van der Waals surface area contributed by atoms with E-state index in [0.29, 0.717) is 5.54 Å². The SMILES string of the molecule is CC1=C(C)C([Si](c2ccc([Si](C)(C)C)c([Si](C)(C)C)c2[Si](C)(C)C)(c2ccc([Si](C)(C)C)c([Si](C)(C)C)c2[Si](C)(C)C)c2ccc([Si](C)(C)C)c([Si](C)(C)C)c2[Si](C)(C)C)C(C)=C1C. The summed E-state index contributed by atoms with van der Waals surface area (Å²) in [5, 5.41) is 22.1. The molecule has 0 bridgehead atoms. The largest absolute Gasteiger partial charge is 0.158 e. The summed E-state index contributed by atoms with van der Waals surface area (Å²) in [6.45, 7) is 83.2. The van der Waals surface area contributed by atoms with Gasteiger partial charge in [-0.2, -0.15) is 0 Å². The lowest BCUT2D eigenvalue weighted by Crippen LogP contribution is -2.87. The molecule has 3 aromatic rings. The molecule has 0 atom stereocenters. The first-order valence-corrected chi connectivity index (χ1v) is 58.7. The van der Waals surface area contributed by atoms with Gasteiger partial charge in [0.1, 0.15) is 0 Å². The van der Waals surface area contributed by atoms with Gasteiger partial charge in [0, 0.05) is 5.54 Å². The normalized spacial score (nSPS) is 16.2. The van der Waals surface area contributed by atoms with Gasteiger partial charge in [0.15, 0.2) is 8.07 Å². The van der Waals surface area contributed by atoms with Crippen molar-refractivity contribution in [3.05, 3.63) is 58.7 Å². The highest BCUT2D eigenvalue weighted by Crippen LogP contribution is 2.46. The Morgan fingerprint density at radius 3 is 0.547 bits per heavy atom. The molecule has 0 fully saturated rings. The van der Waals surface area contributed by atoms with Crippen molar-refractivity contribution in [1.82, 2.24) is 0 Å². The van der Waals surface area contributed by atoms with Crippen LogP contribution < -0.4 is 62.2 Å². The molecule has 0 heterocycles. The van der Waals surface area contributed by atoms with Gasteiger partial charge < -0.3 is 0 Å². The van der Waals surface area contributed by atoms with Crippen molar-refractivity contribution in [2.75, 3.05) is 0 Å². The van der Waals surface area contributed by atoms with Crippen molar-refractivity contribution in [2.24, 2.45) is 0 Å². The molecule has 0 aliphatic heterocycles. The summed E-state index contributed by atoms with van der Waals surface area (Å²) in [5.74, 6) is 0. The molecule has 0 saturated heterocycles. The highest BCUT2D eigenvalue weighted by atomic mass is 28.4. The molecule has 356 valence electrons. The molecule has 0 aromatic heterocycles. The molecule has 0 amide bonds. The summed E-state index contributed by atoms with van der Waals surface area (Å²) in [6.07, 6.45) is 0. The summed E-state index contributed by atoms with van der Waals surface area (Å²) in [6, 6.07) is 17.1. The van der Waals surface area contributed by atoms with Crippen LogP contribution in [0.3, 0.4) is 0 Å². The fourth-order valence-electron chi connectivity index (χ4n) is 12.2. The average Bonchev–Trinajstić information content (AvgIpc) is 3.25. The van der Waals surface area contributed by atoms with E-state index in [1.165, 1.54) is 0 Å². The van der Waals surface area contributed by atoms with Crippen molar-refractivity contribution in [3.63, 3.8) is 0 Å². The van der Waals surface area contributed by atoms with Crippen molar-refractivity contribution in [1.29, 1.82) is 0 Å². The van der Waals surface area contributed by atoms with Gasteiger partial charge in [-0.15, -0.1) is 0 Å². The summed E-state index contributed by atoms with van der Waals surface area (Å²) < 4.78 is 0. The molecule has 4 rings (SSSR count). The maximum absolute atomic E-state index is 3.14. The van der Waals surface area contributed by atoms with Gasteiger partial charge in [0.25, 0.3) is 0 Å². The van der Waals surface area contributed by atoms with E-state index in [-0.39, 0.29) is 0 Å². The predicted molar refractivity (Wildman–Crippen MR) is 331 cm³/mol. The monoisotopic (exact) mass is 1030 g/mol. The summed E-state index contributed by atoms with van der Waals surface area (Å²) in [5.41, 5.74) is 6.83. The molecule has 3 aromatic carbocycles. The van der Waals surface area contributed by atoms with E-state index in [9.17, 15) is 0 Å². The van der Waals surface area contributed by atoms with Gasteiger partial charge in [0.05, 0.1) is 72.7 Å². The second-order valence-corrected chi connectivity index (χ2v) is 78.8. The fourth-order valence-corrected chi connectivity index (χ4v) is 52.8. The van der Waals surface area contributed by atoms with Crippen LogP contribution >= 0.6 is 0 Å². The minimum absolute atomic E-state index is 0.361. The highest BCUT2D eigenvalue weighted by Gasteiger charge is 2.57. The van der Waals surface area contributed by atoms with E-state index < -0.39 is 80.7 Å². The van der Waals surface area contributed by atoms with Crippen LogP contribution in [0.5, 0.6) is 0 Å². The summed E-state index contributed by atoms with van der Waals surface area (Å²) >= 11 is 0. The molecule has 64 heavy (non-hydrogen) atoms. The molecule has 0 spiro atoms. The van der Waals surface area contributed by atoms with E-state index in [2.05, 4.69) is 241 Å². The van der Waals surface area contributed by atoms with Crippen LogP contribution in [0.25, 0.3) is 0 Å². The Bertz CT molecular complexity index is 2120. The minimum Gasteiger partial charge on any atom is -0.0656 e. The Hall–Kier alpha value is -0.691. The average molecular weight is 1030 g/mol. The maximum atomic E-state index is 2.89. The smallest absolute Gasteiger partial charge is 0.0656 e. The molecule has 0 unspecified atom stereocenters. The summed E-state index contributed by atoms with van der Waals surface area (Å²) in [4.78, 5) is 0. The predicted octanol–water partition coefficient (Wildman–Crippen LogP) is 10.1. The molecular formula is C54H100Si10. The van der Waals surface area contributed by atoms with Gasteiger partial charge in [-0.1, -0.05) is 271 Å². The molecule has 1 aliphatic carbocycles. The molecule has 1 aliphatic rings. The molecule has 0 N–H and O–H groups in total. The van der Waals surface area contributed by atoms with E-state index in [1.807, 2.05) is 46.7 Å². The van der Waals surface area contributed by atoms with Crippen molar-refractivity contribution in [2.45, 2.75) is 210 Å². The Kier molecular flexibility index (Phi) is 15.1. The maximum Gasteiger partial charge on any atom is 0.158 e. The van der Waals surface area contributed by atoms with Crippen LogP contribution in [-0.2, 0) is 0 Å². The third-order valence-electron chi connectivity index (χ3n) is 14.9. The molecular weight excluding hydrogens is 929 g/mol. The third-order valence-corrected chi connectivity index (χ3v) is 40.9. The number of benzene rings is 3. The van der Waals surface area contributed by atoms with Gasteiger partial charge in [0.2, 0.25) is 0 Å². The Morgan fingerprint density at radius 1 is 0.234 bits per heavy atom. The lowest BCUT2D eigenvalue weighted by Gasteiger charge is -2.51. The topological polar surface area (TPSA) is 0 Å². The van der Waals surface area contributed by atoms with Crippen LogP contribution in [0.15, 0.2) is 58.7 Å².